The lowest BCUT2D eigenvalue weighted by atomic mass is 10.1. The molecular weight excluding hydrogens is 98.1 g/mol. The fourth-order valence-electron chi connectivity index (χ4n) is 1.15. The molecule has 0 saturated carbocycles. The van der Waals surface area contributed by atoms with Crippen molar-refractivity contribution in [3.63, 3.8) is 0 Å². The van der Waals surface area contributed by atoms with Gasteiger partial charge in [0.05, 0.1) is 0 Å². The van der Waals surface area contributed by atoms with Crippen LogP contribution in [0.2, 0.25) is 0 Å². The van der Waals surface area contributed by atoms with Crippen LogP contribution in [0.15, 0.2) is 12.7 Å². The summed E-state index contributed by atoms with van der Waals surface area (Å²) in [7, 11) is 0. The smallest absolute Gasteiger partial charge is 0.00171 e. The van der Waals surface area contributed by atoms with Crippen LogP contribution in [0, 0.1) is 5.92 Å². The van der Waals surface area contributed by atoms with Crippen LogP contribution in [0.25, 0.3) is 0 Å². The Kier molecular flexibility index (Phi) is 2.10. The first kappa shape index (κ1) is 5.83. The van der Waals surface area contributed by atoms with Gasteiger partial charge < -0.3 is 5.32 Å². The molecular formula is C7H13N. The average molecular weight is 111 g/mol. The van der Waals surface area contributed by atoms with E-state index in [1.54, 1.807) is 0 Å². The third-order valence-corrected chi connectivity index (χ3v) is 1.66. The third kappa shape index (κ3) is 1.34. The molecule has 0 aromatic carbocycles. The minimum atomic E-state index is 0.882. The molecule has 0 aliphatic carbocycles. The maximum absolute atomic E-state index is 3.70. The lowest BCUT2D eigenvalue weighted by molar-refractivity contribution is 0.593. The molecule has 0 aromatic rings. The monoisotopic (exact) mass is 111 g/mol. The molecule has 1 fully saturated rings. The molecule has 1 atom stereocenters. The maximum Gasteiger partial charge on any atom is -0.00171 e. The van der Waals surface area contributed by atoms with E-state index >= 15 is 0 Å². The van der Waals surface area contributed by atoms with E-state index < -0.39 is 0 Å². The van der Waals surface area contributed by atoms with Crippen molar-refractivity contribution in [1.29, 1.82) is 0 Å². The zero-order valence-corrected chi connectivity index (χ0v) is 5.19. The Balaban J connectivity index is 2.14. The quantitative estimate of drug-likeness (QED) is 0.527. The van der Waals surface area contributed by atoms with Gasteiger partial charge >= 0.3 is 0 Å². The standard InChI is InChI=1S/C7H13N/c1-2-3-7-4-5-8-6-7/h2,7-8H,1,3-6H2. The normalized spacial score (nSPS) is 28.2. The molecule has 0 amide bonds. The summed E-state index contributed by atoms with van der Waals surface area (Å²) in [6.45, 7) is 6.10. The maximum atomic E-state index is 3.70. The lowest BCUT2D eigenvalue weighted by Gasteiger charge is -2.00. The molecule has 1 unspecified atom stereocenters. The van der Waals surface area contributed by atoms with Crippen molar-refractivity contribution in [3.05, 3.63) is 12.7 Å². The van der Waals surface area contributed by atoms with Gasteiger partial charge in [-0.15, -0.1) is 6.58 Å². The van der Waals surface area contributed by atoms with Gasteiger partial charge in [-0.2, -0.15) is 0 Å². The molecule has 1 heteroatoms. The highest BCUT2D eigenvalue weighted by Crippen LogP contribution is 2.11. The van der Waals surface area contributed by atoms with E-state index in [-0.39, 0.29) is 0 Å². The Labute approximate surface area is 50.8 Å². The van der Waals surface area contributed by atoms with Crippen LogP contribution in [0.4, 0.5) is 0 Å². The molecule has 1 rings (SSSR count). The van der Waals surface area contributed by atoms with Gasteiger partial charge in [0.2, 0.25) is 0 Å². The molecule has 1 aliphatic heterocycles. The van der Waals surface area contributed by atoms with Crippen molar-refractivity contribution in [2.45, 2.75) is 12.8 Å². The van der Waals surface area contributed by atoms with Gasteiger partial charge in [0.1, 0.15) is 0 Å². The Morgan fingerprint density at radius 3 is 3.12 bits per heavy atom. The van der Waals surface area contributed by atoms with Gasteiger partial charge in [-0.25, -0.2) is 0 Å². The number of nitrogens with one attached hydrogen (secondary N) is 1. The van der Waals surface area contributed by atoms with E-state index in [1.807, 2.05) is 6.08 Å². The topological polar surface area (TPSA) is 12.0 Å². The molecule has 1 N–H and O–H groups in total. The van der Waals surface area contributed by atoms with Gasteiger partial charge in [0, 0.05) is 0 Å². The zero-order valence-electron chi connectivity index (χ0n) is 5.19. The van der Waals surface area contributed by atoms with E-state index in [1.165, 1.54) is 25.9 Å². The van der Waals surface area contributed by atoms with E-state index in [4.69, 9.17) is 0 Å². The summed E-state index contributed by atoms with van der Waals surface area (Å²) >= 11 is 0. The Bertz CT molecular complexity index is 72.5. The summed E-state index contributed by atoms with van der Waals surface area (Å²) in [5.41, 5.74) is 0. The van der Waals surface area contributed by atoms with Crippen LogP contribution in [0.3, 0.4) is 0 Å². The zero-order chi connectivity index (χ0) is 5.82. The van der Waals surface area contributed by atoms with Gasteiger partial charge in [0.15, 0.2) is 0 Å². The molecule has 46 valence electrons. The predicted octanol–water partition coefficient (Wildman–Crippen LogP) is 1.17. The molecule has 1 aliphatic rings. The second-order valence-corrected chi connectivity index (χ2v) is 2.38. The lowest BCUT2D eigenvalue weighted by Crippen LogP contribution is -2.07. The van der Waals surface area contributed by atoms with Crippen LogP contribution in [0.1, 0.15) is 12.8 Å². The number of hydrogen-bond donors (Lipinski definition) is 1. The molecule has 8 heavy (non-hydrogen) atoms. The van der Waals surface area contributed by atoms with Gasteiger partial charge in [-0.1, -0.05) is 6.08 Å². The summed E-state index contributed by atoms with van der Waals surface area (Å²) < 4.78 is 0. The van der Waals surface area contributed by atoms with Crippen molar-refractivity contribution in [3.8, 4) is 0 Å². The van der Waals surface area contributed by atoms with E-state index in [9.17, 15) is 0 Å². The molecule has 0 radical (unpaired) electrons. The molecule has 1 saturated heterocycles. The minimum absolute atomic E-state index is 0.882. The highest BCUT2D eigenvalue weighted by molar-refractivity contribution is 4.78. The van der Waals surface area contributed by atoms with Crippen LogP contribution in [0.5, 0.6) is 0 Å². The first-order valence-electron chi connectivity index (χ1n) is 3.25. The van der Waals surface area contributed by atoms with Gasteiger partial charge in [0.25, 0.3) is 0 Å². The summed E-state index contributed by atoms with van der Waals surface area (Å²) in [6, 6.07) is 0. The van der Waals surface area contributed by atoms with Crippen LogP contribution in [-0.2, 0) is 0 Å². The Morgan fingerprint density at radius 1 is 1.75 bits per heavy atom. The summed E-state index contributed by atoms with van der Waals surface area (Å²) in [6.07, 6.45) is 4.54. The second kappa shape index (κ2) is 2.88. The molecule has 1 nitrogen and oxygen atoms in total. The summed E-state index contributed by atoms with van der Waals surface area (Å²) in [5, 5.41) is 3.31. The van der Waals surface area contributed by atoms with Gasteiger partial charge in [-0.05, 0) is 31.8 Å². The van der Waals surface area contributed by atoms with Crippen molar-refractivity contribution >= 4 is 0 Å². The van der Waals surface area contributed by atoms with E-state index in [0.29, 0.717) is 0 Å². The number of allylic oxidation sites excluding steroid dienone is 1. The van der Waals surface area contributed by atoms with Gasteiger partial charge in [-0.3, -0.25) is 0 Å². The van der Waals surface area contributed by atoms with Crippen LogP contribution >= 0.6 is 0 Å². The fourth-order valence-corrected chi connectivity index (χ4v) is 1.15. The van der Waals surface area contributed by atoms with Crippen LogP contribution < -0.4 is 5.32 Å². The van der Waals surface area contributed by atoms with Crippen molar-refractivity contribution in [2.24, 2.45) is 5.92 Å². The molecule has 0 spiro atoms. The summed E-state index contributed by atoms with van der Waals surface area (Å²) in [5.74, 6) is 0.882. The van der Waals surface area contributed by atoms with E-state index in [0.717, 1.165) is 5.92 Å². The third-order valence-electron chi connectivity index (χ3n) is 1.66. The highest BCUT2D eigenvalue weighted by atomic mass is 14.9. The molecule has 0 bridgehead atoms. The SMILES string of the molecule is C=CCC1CCNC1. The van der Waals surface area contributed by atoms with Crippen molar-refractivity contribution in [2.75, 3.05) is 13.1 Å². The Hall–Kier alpha value is -0.300. The minimum Gasteiger partial charge on any atom is -0.316 e. The Morgan fingerprint density at radius 2 is 2.62 bits per heavy atom. The molecule has 1 heterocycles. The van der Waals surface area contributed by atoms with Crippen LogP contribution in [-0.4, -0.2) is 13.1 Å². The first-order valence-corrected chi connectivity index (χ1v) is 3.25. The largest absolute Gasteiger partial charge is 0.316 e. The van der Waals surface area contributed by atoms with Crippen molar-refractivity contribution < 1.29 is 0 Å². The highest BCUT2D eigenvalue weighted by Gasteiger charge is 2.11. The first-order chi connectivity index (χ1) is 3.93. The number of hydrogen-bond acceptors (Lipinski definition) is 1. The fraction of sp³-hybridized carbons (Fsp3) is 0.714. The predicted molar refractivity (Wildman–Crippen MR) is 35.8 cm³/mol. The summed E-state index contributed by atoms with van der Waals surface area (Å²) in [4.78, 5) is 0. The molecule has 0 aromatic heterocycles. The van der Waals surface area contributed by atoms with E-state index in [2.05, 4.69) is 11.9 Å². The number of rotatable bonds is 2. The average Bonchev–Trinajstić information content (AvgIpc) is 2.19. The van der Waals surface area contributed by atoms with Crippen molar-refractivity contribution in [1.82, 2.24) is 5.32 Å². The second-order valence-electron chi connectivity index (χ2n) is 2.38.